The Bertz CT molecular complexity index is 2140. The van der Waals surface area contributed by atoms with Gasteiger partial charge in [0.25, 0.3) is 0 Å². The molecule has 1 aliphatic heterocycles. The number of amides is 8. The minimum Gasteiger partial charge on any atom is -0.214 e. The van der Waals surface area contributed by atoms with Gasteiger partial charge in [0, 0.05) is 36.5 Å². The number of carbonyl (C=O) groups is 14. The van der Waals surface area contributed by atoms with Gasteiger partial charge < -0.3 is 94.6 Å². The molecule has 0 spiro atoms. The maximum absolute atomic E-state index is 14.0. The van der Waals surface area contributed by atoms with Gasteiger partial charge in [0.15, 0.2) is 0 Å². The van der Waals surface area contributed by atoms with Crippen LogP contribution in [-0.4, -0.2) is 196 Å². The van der Waals surface area contributed by atoms with Crippen molar-refractivity contribution in [2.24, 2.45) is 17.2 Å². The van der Waals surface area contributed by atoms with Crippen LogP contribution in [0, 0.1) is 13.3 Å². The molecule has 32 nitrogen and oxygen atoms in total. The van der Waals surface area contributed by atoms with Crippen LogP contribution < -0.4 is 49.1 Å². The molecule has 18 N–H and O–H groups in total. The molecule has 1 fully saturated rings. The third-order valence-corrected chi connectivity index (χ3v) is 14.3. The molecule has 0 saturated carbocycles. The van der Waals surface area contributed by atoms with E-state index in [1.165, 1.54) is 0 Å². The molecule has 77 heavy (non-hydrogen) atoms. The molecule has 2 rings (SSSR count). The number of carbonyl (C=O) groups excluding carboxylic acids is 8. The minimum absolute atomic E-state index is 0. The predicted octanol–water partition coefficient (Wildman–Crippen LogP) is -5.35. The summed E-state index contributed by atoms with van der Waals surface area (Å²) in [5, 5.41) is 69.2. The zero-order chi connectivity index (χ0) is 58.7. The molecule has 0 bridgehead atoms. The standard InChI is InChI=1S/C34H50N10O20S3.C5H5.2CO.Fe/c35-13(30(58)59)1-4-19(45)41-16(26(54)38-7-22(48)49)10-65-25-29(57)44-33(64)34(25,66-11-17(27(55)39-8-23(50)51)42-20(46)5-2-14(36)31(60)61)67-12-18(28(56)40-9-24(52)53)43-21(47)6-3-15(37)32(62)63;1-2-4-5-3-1;2*1-2;/h13-18,25H,1-12,35-37H2,(H13,38,39,40,41,42,43,44,45,46,47,48,49,50,51,52,53,54,55,56,57,58,59,60,61,62,63,64);1-5H;;;/q;-1;;;+2/p-1/t13-,14-,15-,16-,17-,18-,25?;;;;/m0..../s1. The van der Waals surface area contributed by atoms with E-state index in [4.69, 9.17) is 57.1 Å². The van der Waals surface area contributed by atoms with Crippen LogP contribution in [0.4, 0.5) is 0 Å². The van der Waals surface area contributed by atoms with E-state index in [0.717, 1.165) is 0 Å². The molecule has 1 aromatic rings. The van der Waals surface area contributed by atoms with Gasteiger partial charge in [-0.25, -0.2) is 12.1 Å². The van der Waals surface area contributed by atoms with Crippen molar-refractivity contribution < 1.29 is 124 Å². The van der Waals surface area contributed by atoms with Crippen LogP contribution in [0.1, 0.15) is 38.5 Å². The van der Waals surface area contributed by atoms with Gasteiger partial charge in [-0.3, -0.25) is 57.5 Å². The number of aliphatic carboxylic acids is 6. The molecule has 8 amide bonds. The van der Waals surface area contributed by atoms with E-state index in [0.29, 0.717) is 35.3 Å². The number of nitrogens with two attached hydrogens (primary N) is 3. The Morgan fingerprint density at radius 3 is 1.13 bits per heavy atom. The molecule has 1 aliphatic rings. The zero-order valence-corrected chi connectivity index (χ0v) is 43.4. The summed E-state index contributed by atoms with van der Waals surface area (Å²) in [5.74, 6) is -20.4. The molecule has 0 radical (unpaired) electrons. The first-order chi connectivity index (χ1) is 35.7. The number of carboxylic acid groups (broad SMARTS) is 6. The monoisotopic (exact) mass is 1190 g/mol. The van der Waals surface area contributed by atoms with E-state index < -0.39 is 204 Å². The van der Waals surface area contributed by atoms with Crippen molar-refractivity contribution >= 4 is 118 Å². The van der Waals surface area contributed by atoms with Crippen molar-refractivity contribution in [3.63, 3.8) is 0 Å². The van der Waals surface area contributed by atoms with Crippen LogP contribution in [-0.2, 0) is 93.5 Å². The van der Waals surface area contributed by atoms with Crippen molar-refractivity contribution in [2.45, 2.75) is 84.1 Å². The van der Waals surface area contributed by atoms with Crippen LogP contribution >= 0.6 is 35.3 Å². The van der Waals surface area contributed by atoms with E-state index in [9.17, 15) is 67.1 Å². The topological polar surface area (TPSA) is 564 Å². The number of nitrogens with zero attached hydrogens (tertiary/aromatic N) is 1. The second kappa shape index (κ2) is 40.3. The SMILES string of the molecule is N[C@@H](CCC(=O)N[C@@H](CSC1C(=O)[N-]C(=O)C1(SC[C@H](NC(=O)CC[C@H](N)C(=O)O)C(=O)NCC(=O)O)SC[C@H](NC(=O)CC[C@H](N)C(=O)O)C(=O)NCC(=O)O)C(=O)NCC(=O)O)C(=O)O.[C-]#[O+].[C-]#[O+].[Fe+2].c1cc[cH-]c1. The first-order valence-electron chi connectivity index (χ1n) is 21.3. The average Bonchev–Trinajstić information content (AvgIpc) is 4.04. The maximum Gasteiger partial charge on any atom is 2.00 e. The van der Waals surface area contributed by atoms with Gasteiger partial charge in [-0.1, -0.05) is 0 Å². The molecule has 1 saturated heterocycles. The molecule has 1 unspecified atom stereocenters. The van der Waals surface area contributed by atoms with Crippen molar-refractivity contribution in [3.8, 4) is 0 Å². The van der Waals surface area contributed by atoms with Crippen LogP contribution in [0.2, 0.25) is 0 Å². The molecule has 36 heteroatoms. The number of nitrogens with one attached hydrogen (secondary N) is 6. The van der Waals surface area contributed by atoms with Crippen LogP contribution in [0.25, 0.3) is 5.32 Å². The first-order valence-corrected chi connectivity index (χ1v) is 24.3. The van der Waals surface area contributed by atoms with Crippen molar-refractivity contribution in [2.75, 3.05) is 36.9 Å². The van der Waals surface area contributed by atoms with Crippen LogP contribution in [0.3, 0.4) is 0 Å². The largest absolute Gasteiger partial charge is 2.00 e. The van der Waals surface area contributed by atoms with Crippen LogP contribution in [0.15, 0.2) is 30.3 Å². The summed E-state index contributed by atoms with van der Waals surface area (Å²) in [6.07, 6.45) is -3.12. The average molecular weight is 1190 g/mol. The molecular formula is C41H54FeN10O22S3. The molecule has 0 aliphatic carbocycles. The fourth-order valence-corrected chi connectivity index (χ4v) is 10.2. The summed E-state index contributed by atoms with van der Waals surface area (Å²) in [4.78, 5) is 173. The Balaban J connectivity index is -0.00000503. The van der Waals surface area contributed by atoms with Gasteiger partial charge in [-0.2, -0.15) is 18.2 Å². The van der Waals surface area contributed by atoms with E-state index >= 15 is 0 Å². The van der Waals surface area contributed by atoms with E-state index in [-0.39, 0.29) is 17.1 Å². The van der Waals surface area contributed by atoms with Crippen molar-refractivity contribution in [1.29, 1.82) is 0 Å². The van der Waals surface area contributed by atoms with Gasteiger partial charge in [-0.15, -0.1) is 35.3 Å². The second-order valence-electron chi connectivity index (χ2n) is 14.9. The zero-order valence-electron chi connectivity index (χ0n) is 39.9. The fourth-order valence-electron chi connectivity index (χ4n) is 5.37. The molecule has 1 heterocycles. The van der Waals surface area contributed by atoms with Gasteiger partial charge in [0.1, 0.15) is 60.0 Å². The van der Waals surface area contributed by atoms with Crippen molar-refractivity contribution in [1.82, 2.24) is 31.9 Å². The van der Waals surface area contributed by atoms with Gasteiger partial charge in [-0.05, 0) is 19.3 Å². The summed E-state index contributed by atoms with van der Waals surface area (Å²) in [5.41, 5.74) is 16.4. The molecular weight excluding hydrogens is 1140 g/mol. The summed E-state index contributed by atoms with van der Waals surface area (Å²) < 4.78 is 12.6. The number of imide groups is 1. The maximum atomic E-state index is 14.0. The van der Waals surface area contributed by atoms with Gasteiger partial charge >= 0.3 is 75.5 Å². The number of hydrogen-bond acceptors (Lipinski definition) is 20. The normalized spacial score (nSPS) is 15.0. The molecule has 7 atom stereocenters. The Morgan fingerprint density at radius 2 is 0.870 bits per heavy atom. The number of rotatable bonds is 33. The van der Waals surface area contributed by atoms with E-state index in [1.807, 2.05) is 46.3 Å². The fraction of sp³-hybridized carbons (Fsp3) is 0.488. The molecule has 0 aromatic heterocycles. The van der Waals surface area contributed by atoms with Crippen molar-refractivity contribution in [3.05, 3.63) is 48.9 Å². The summed E-state index contributed by atoms with van der Waals surface area (Å²) in [7, 11) is 0. The molecule has 426 valence electrons. The Hall–Kier alpha value is -6.94. The number of hydrogen-bond donors (Lipinski definition) is 15. The smallest absolute Gasteiger partial charge is 0.214 e. The third-order valence-electron chi connectivity index (χ3n) is 9.19. The quantitative estimate of drug-likeness (QED) is 0.0103. The third kappa shape index (κ3) is 30.4. The Labute approximate surface area is 459 Å². The second-order valence-corrected chi connectivity index (χ2v) is 18.8. The van der Waals surface area contributed by atoms with E-state index in [1.54, 1.807) is 0 Å². The van der Waals surface area contributed by atoms with E-state index in [2.05, 4.69) is 34.6 Å². The van der Waals surface area contributed by atoms with Crippen LogP contribution in [0.5, 0.6) is 0 Å². The van der Waals surface area contributed by atoms with Gasteiger partial charge in [0.2, 0.25) is 35.4 Å². The molecule has 1 aromatic carbocycles. The summed E-state index contributed by atoms with van der Waals surface area (Å²) in [6, 6.07) is 0.0791. The number of thioether (sulfide) groups is 3. The Morgan fingerprint density at radius 1 is 0.571 bits per heavy atom. The number of carboxylic acids is 6. The summed E-state index contributed by atoms with van der Waals surface area (Å²) in [6.45, 7) is 6.01. The predicted molar refractivity (Wildman–Crippen MR) is 259 cm³/mol. The Kier molecular flexibility index (Phi) is 38.9. The minimum atomic E-state index is -2.38. The first kappa shape index (κ1) is 74.3. The summed E-state index contributed by atoms with van der Waals surface area (Å²) >= 11 is 1.20. The van der Waals surface area contributed by atoms with Gasteiger partial charge in [0.05, 0.1) is 17.1 Å².